The SMILES string of the molecule is COc1cccc(CCCNc2cccc(C)n2)c1. The molecule has 0 fully saturated rings. The van der Waals surface area contributed by atoms with E-state index in [4.69, 9.17) is 4.74 Å². The number of hydrogen-bond donors (Lipinski definition) is 1. The van der Waals surface area contributed by atoms with Crippen LogP contribution in [0.3, 0.4) is 0 Å². The number of anilines is 1. The van der Waals surface area contributed by atoms with Crippen molar-refractivity contribution in [2.24, 2.45) is 0 Å². The van der Waals surface area contributed by atoms with Crippen LogP contribution in [0.2, 0.25) is 0 Å². The van der Waals surface area contributed by atoms with E-state index >= 15 is 0 Å². The quantitative estimate of drug-likeness (QED) is 0.804. The summed E-state index contributed by atoms with van der Waals surface area (Å²) < 4.78 is 5.22. The van der Waals surface area contributed by atoms with Gasteiger partial charge < -0.3 is 10.1 Å². The second-order valence-corrected chi connectivity index (χ2v) is 4.55. The third-order valence-corrected chi connectivity index (χ3v) is 2.97. The summed E-state index contributed by atoms with van der Waals surface area (Å²) in [6.45, 7) is 2.93. The van der Waals surface area contributed by atoms with Crippen LogP contribution in [-0.4, -0.2) is 18.6 Å². The molecule has 0 spiro atoms. The molecular weight excluding hydrogens is 236 g/mol. The fourth-order valence-corrected chi connectivity index (χ4v) is 1.98. The van der Waals surface area contributed by atoms with Crippen LogP contribution in [-0.2, 0) is 6.42 Å². The number of ether oxygens (including phenoxy) is 1. The number of nitrogens with one attached hydrogen (secondary N) is 1. The van der Waals surface area contributed by atoms with Gasteiger partial charge in [-0.2, -0.15) is 0 Å². The predicted molar refractivity (Wildman–Crippen MR) is 78.8 cm³/mol. The number of benzene rings is 1. The van der Waals surface area contributed by atoms with E-state index in [1.165, 1.54) is 5.56 Å². The van der Waals surface area contributed by atoms with Gasteiger partial charge in [0, 0.05) is 12.2 Å². The zero-order valence-corrected chi connectivity index (χ0v) is 11.5. The summed E-state index contributed by atoms with van der Waals surface area (Å²) in [6.07, 6.45) is 2.11. The molecule has 0 unspecified atom stereocenters. The second kappa shape index (κ2) is 6.78. The minimum Gasteiger partial charge on any atom is -0.497 e. The largest absolute Gasteiger partial charge is 0.497 e. The molecule has 0 amide bonds. The molecule has 0 aliphatic rings. The summed E-state index contributed by atoms with van der Waals surface area (Å²) in [6, 6.07) is 14.2. The summed E-state index contributed by atoms with van der Waals surface area (Å²) in [7, 11) is 1.70. The lowest BCUT2D eigenvalue weighted by Crippen LogP contribution is -2.04. The number of hydrogen-bond acceptors (Lipinski definition) is 3. The molecule has 3 heteroatoms. The minimum atomic E-state index is 0.922. The average Bonchev–Trinajstić information content (AvgIpc) is 2.44. The molecule has 1 N–H and O–H groups in total. The molecule has 2 aromatic rings. The van der Waals surface area contributed by atoms with Crippen molar-refractivity contribution in [3.05, 3.63) is 53.7 Å². The van der Waals surface area contributed by atoms with E-state index in [0.717, 1.165) is 36.6 Å². The van der Waals surface area contributed by atoms with Gasteiger partial charge in [0.1, 0.15) is 11.6 Å². The van der Waals surface area contributed by atoms with Gasteiger partial charge in [-0.15, -0.1) is 0 Å². The van der Waals surface area contributed by atoms with E-state index in [1.807, 2.05) is 37.3 Å². The highest BCUT2D eigenvalue weighted by atomic mass is 16.5. The summed E-state index contributed by atoms with van der Waals surface area (Å²) in [5.41, 5.74) is 2.34. The van der Waals surface area contributed by atoms with Gasteiger partial charge in [0.05, 0.1) is 7.11 Å². The lowest BCUT2D eigenvalue weighted by Gasteiger charge is -2.07. The first-order valence-electron chi connectivity index (χ1n) is 6.58. The Morgan fingerprint density at radius 3 is 2.79 bits per heavy atom. The molecule has 0 saturated carbocycles. The maximum absolute atomic E-state index is 5.22. The Morgan fingerprint density at radius 1 is 1.16 bits per heavy atom. The van der Waals surface area contributed by atoms with Crippen molar-refractivity contribution in [1.82, 2.24) is 4.98 Å². The number of aromatic nitrogens is 1. The number of methoxy groups -OCH3 is 1. The van der Waals surface area contributed by atoms with Crippen LogP contribution in [0.4, 0.5) is 5.82 Å². The molecule has 1 heterocycles. The molecule has 0 bridgehead atoms. The summed E-state index contributed by atoms with van der Waals surface area (Å²) in [5, 5.41) is 3.34. The van der Waals surface area contributed by atoms with Gasteiger partial charge >= 0.3 is 0 Å². The molecule has 1 aromatic heterocycles. The van der Waals surface area contributed by atoms with Crippen LogP contribution in [0.15, 0.2) is 42.5 Å². The van der Waals surface area contributed by atoms with Crippen LogP contribution in [0.1, 0.15) is 17.7 Å². The van der Waals surface area contributed by atoms with Crippen LogP contribution in [0, 0.1) is 6.92 Å². The molecule has 0 saturated heterocycles. The lowest BCUT2D eigenvalue weighted by atomic mass is 10.1. The number of pyridine rings is 1. The minimum absolute atomic E-state index is 0.922. The van der Waals surface area contributed by atoms with Crippen molar-refractivity contribution in [3.8, 4) is 5.75 Å². The monoisotopic (exact) mass is 256 g/mol. The van der Waals surface area contributed by atoms with Crippen molar-refractivity contribution < 1.29 is 4.74 Å². The fourth-order valence-electron chi connectivity index (χ4n) is 1.98. The molecule has 19 heavy (non-hydrogen) atoms. The molecule has 0 atom stereocenters. The van der Waals surface area contributed by atoms with Crippen LogP contribution in [0.25, 0.3) is 0 Å². The standard InChI is InChI=1S/C16H20N2O/c1-13-6-3-10-16(18-13)17-11-5-8-14-7-4-9-15(12-14)19-2/h3-4,6-7,9-10,12H,5,8,11H2,1-2H3,(H,17,18). The Bertz CT molecular complexity index is 526. The first-order chi connectivity index (χ1) is 9.28. The maximum Gasteiger partial charge on any atom is 0.126 e. The van der Waals surface area contributed by atoms with Crippen molar-refractivity contribution in [3.63, 3.8) is 0 Å². The van der Waals surface area contributed by atoms with E-state index in [0.29, 0.717) is 0 Å². The topological polar surface area (TPSA) is 34.1 Å². The van der Waals surface area contributed by atoms with Gasteiger partial charge in [0.25, 0.3) is 0 Å². The Labute approximate surface area is 114 Å². The Morgan fingerprint density at radius 2 is 2.00 bits per heavy atom. The first kappa shape index (κ1) is 13.4. The maximum atomic E-state index is 5.22. The van der Waals surface area contributed by atoms with E-state index in [1.54, 1.807) is 7.11 Å². The lowest BCUT2D eigenvalue weighted by molar-refractivity contribution is 0.414. The van der Waals surface area contributed by atoms with Gasteiger partial charge in [0.15, 0.2) is 0 Å². The highest BCUT2D eigenvalue weighted by Gasteiger charge is 1.97. The van der Waals surface area contributed by atoms with Gasteiger partial charge in [-0.25, -0.2) is 4.98 Å². The first-order valence-corrected chi connectivity index (χ1v) is 6.58. The predicted octanol–water partition coefficient (Wildman–Crippen LogP) is 3.44. The van der Waals surface area contributed by atoms with Gasteiger partial charge in [-0.3, -0.25) is 0 Å². The van der Waals surface area contributed by atoms with Crippen molar-refractivity contribution in [1.29, 1.82) is 0 Å². The summed E-state index contributed by atoms with van der Waals surface area (Å²) in [5.74, 6) is 1.87. The van der Waals surface area contributed by atoms with Crippen LogP contribution < -0.4 is 10.1 Å². The smallest absolute Gasteiger partial charge is 0.126 e. The molecule has 0 radical (unpaired) electrons. The average molecular weight is 256 g/mol. The molecule has 3 nitrogen and oxygen atoms in total. The molecule has 2 rings (SSSR count). The van der Waals surface area contributed by atoms with Crippen molar-refractivity contribution in [2.75, 3.05) is 19.0 Å². The molecule has 1 aromatic carbocycles. The van der Waals surface area contributed by atoms with Gasteiger partial charge in [-0.05, 0) is 49.6 Å². The third-order valence-electron chi connectivity index (χ3n) is 2.97. The Balaban J connectivity index is 1.77. The third kappa shape index (κ3) is 4.28. The van der Waals surface area contributed by atoms with E-state index < -0.39 is 0 Å². The van der Waals surface area contributed by atoms with Crippen LogP contribution in [0.5, 0.6) is 5.75 Å². The Kier molecular flexibility index (Phi) is 4.78. The molecule has 0 aliphatic heterocycles. The summed E-state index contributed by atoms with van der Waals surface area (Å²) in [4.78, 5) is 4.41. The zero-order valence-electron chi connectivity index (χ0n) is 11.5. The highest BCUT2D eigenvalue weighted by molar-refractivity contribution is 5.35. The highest BCUT2D eigenvalue weighted by Crippen LogP contribution is 2.14. The molecule has 100 valence electrons. The zero-order chi connectivity index (χ0) is 13.5. The van der Waals surface area contributed by atoms with E-state index in [-0.39, 0.29) is 0 Å². The fraction of sp³-hybridized carbons (Fsp3) is 0.312. The number of aryl methyl sites for hydroxylation is 2. The van der Waals surface area contributed by atoms with Crippen molar-refractivity contribution in [2.45, 2.75) is 19.8 Å². The number of nitrogens with zero attached hydrogens (tertiary/aromatic N) is 1. The summed E-state index contributed by atoms with van der Waals surface area (Å²) >= 11 is 0. The molecular formula is C16H20N2O. The van der Waals surface area contributed by atoms with E-state index in [2.05, 4.69) is 22.4 Å². The second-order valence-electron chi connectivity index (χ2n) is 4.55. The van der Waals surface area contributed by atoms with Crippen LogP contribution >= 0.6 is 0 Å². The van der Waals surface area contributed by atoms with Crippen molar-refractivity contribution >= 4 is 5.82 Å². The number of rotatable bonds is 6. The normalized spacial score (nSPS) is 10.2. The van der Waals surface area contributed by atoms with Gasteiger partial charge in [0.2, 0.25) is 0 Å². The van der Waals surface area contributed by atoms with Gasteiger partial charge in [-0.1, -0.05) is 18.2 Å². The Hall–Kier alpha value is -2.03. The van der Waals surface area contributed by atoms with E-state index in [9.17, 15) is 0 Å². The molecule has 0 aliphatic carbocycles.